The number of benzene rings is 2. The van der Waals surface area contributed by atoms with Crippen LogP contribution < -0.4 is 24.8 Å². The van der Waals surface area contributed by atoms with Crippen LogP contribution in [0.5, 0.6) is 17.2 Å². The van der Waals surface area contributed by atoms with Crippen molar-refractivity contribution in [1.29, 1.82) is 0 Å². The van der Waals surface area contributed by atoms with Crippen molar-refractivity contribution in [2.45, 2.75) is 13.5 Å². The first-order valence-electron chi connectivity index (χ1n) is 7.58. The fourth-order valence-corrected chi connectivity index (χ4v) is 2.79. The summed E-state index contributed by atoms with van der Waals surface area (Å²) in [5.41, 5.74) is 2.52. The Bertz CT molecular complexity index is 765. The number of rotatable bonds is 7. The molecule has 0 aromatic heterocycles. The first-order valence-corrected chi connectivity index (χ1v) is 8.37. The third-order valence-corrected chi connectivity index (χ3v) is 4.29. The summed E-state index contributed by atoms with van der Waals surface area (Å²) in [4.78, 5) is 11.2. The van der Waals surface area contributed by atoms with Crippen LogP contribution >= 0.6 is 15.9 Å². The molecule has 0 bridgehead atoms. The second-order valence-electron chi connectivity index (χ2n) is 5.25. The van der Waals surface area contributed by atoms with Crippen molar-refractivity contribution in [1.82, 2.24) is 0 Å². The van der Waals surface area contributed by atoms with Gasteiger partial charge < -0.3 is 24.8 Å². The molecule has 0 fully saturated rings. The Morgan fingerprint density at radius 3 is 2.24 bits per heavy atom. The molecule has 0 heterocycles. The van der Waals surface area contributed by atoms with Gasteiger partial charge in [-0.1, -0.05) is 15.9 Å². The number of amides is 1. The average Bonchev–Trinajstić information content (AvgIpc) is 2.60. The SMILES string of the molecule is COc1cc(NCc2cc(OC)c(OC)cc2Br)ccc1NC(C)=O. The van der Waals surface area contributed by atoms with Crippen molar-refractivity contribution in [3.63, 3.8) is 0 Å². The van der Waals surface area contributed by atoms with Gasteiger partial charge in [0.1, 0.15) is 5.75 Å². The van der Waals surface area contributed by atoms with E-state index in [0.717, 1.165) is 15.7 Å². The van der Waals surface area contributed by atoms with Gasteiger partial charge in [-0.05, 0) is 29.8 Å². The minimum Gasteiger partial charge on any atom is -0.494 e. The zero-order valence-corrected chi connectivity index (χ0v) is 16.2. The van der Waals surface area contributed by atoms with Gasteiger partial charge in [-0.15, -0.1) is 0 Å². The molecule has 0 radical (unpaired) electrons. The number of hydrogen-bond acceptors (Lipinski definition) is 5. The van der Waals surface area contributed by atoms with E-state index < -0.39 is 0 Å². The zero-order valence-electron chi connectivity index (χ0n) is 14.6. The molecule has 0 saturated heterocycles. The summed E-state index contributed by atoms with van der Waals surface area (Å²) in [6, 6.07) is 9.30. The monoisotopic (exact) mass is 408 g/mol. The summed E-state index contributed by atoms with van der Waals surface area (Å²) in [5, 5.41) is 6.06. The highest BCUT2D eigenvalue weighted by Crippen LogP contribution is 2.34. The third-order valence-electron chi connectivity index (χ3n) is 3.55. The smallest absolute Gasteiger partial charge is 0.221 e. The van der Waals surface area contributed by atoms with Crippen molar-refractivity contribution in [2.75, 3.05) is 32.0 Å². The summed E-state index contributed by atoms with van der Waals surface area (Å²) in [5.74, 6) is 1.78. The predicted molar refractivity (Wildman–Crippen MR) is 102 cm³/mol. The van der Waals surface area contributed by atoms with Crippen LogP contribution in [-0.4, -0.2) is 27.2 Å². The molecular formula is C18H21BrN2O4. The molecule has 2 aromatic rings. The molecule has 25 heavy (non-hydrogen) atoms. The number of nitrogens with one attached hydrogen (secondary N) is 2. The van der Waals surface area contributed by atoms with Crippen LogP contribution in [0.15, 0.2) is 34.8 Å². The molecular weight excluding hydrogens is 388 g/mol. The maximum absolute atomic E-state index is 11.2. The largest absolute Gasteiger partial charge is 0.494 e. The van der Waals surface area contributed by atoms with Gasteiger partial charge in [0.15, 0.2) is 11.5 Å². The van der Waals surface area contributed by atoms with Crippen LogP contribution in [0.2, 0.25) is 0 Å². The van der Waals surface area contributed by atoms with E-state index in [-0.39, 0.29) is 5.91 Å². The van der Waals surface area contributed by atoms with E-state index in [1.807, 2.05) is 24.3 Å². The van der Waals surface area contributed by atoms with Gasteiger partial charge in [0.2, 0.25) is 5.91 Å². The number of carbonyl (C=O) groups is 1. The maximum Gasteiger partial charge on any atom is 0.221 e. The third kappa shape index (κ3) is 4.79. The van der Waals surface area contributed by atoms with Crippen molar-refractivity contribution in [2.24, 2.45) is 0 Å². The highest BCUT2D eigenvalue weighted by Gasteiger charge is 2.10. The molecule has 2 N–H and O–H groups in total. The lowest BCUT2D eigenvalue weighted by Gasteiger charge is -2.15. The number of hydrogen-bond donors (Lipinski definition) is 2. The second kappa shape index (κ2) is 8.62. The normalized spacial score (nSPS) is 10.1. The first-order chi connectivity index (χ1) is 12.0. The van der Waals surface area contributed by atoms with Crippen LogP contribution in [0.1, 0.15) is 12.5 Å². The van der Waals surface area contributed by atoms with Gasteiger partial charge in [0.05, 0.1) is 27.0 Å². The Morgan fingerprint density at radius 1 is 1.00 bits per heavy atom. The van der Waals surface area contributed by atoms with Crippen LogP contribution in [0, 0.1) is 0 Å². The molecule has 134 valence electrons. The van der Waals surface area contributed by atoms with Crippen molar-refractivity contribution in [3.05, 3.63) is 40.4 Å². The summed E-state index contributed by atoms with van der Waals surface area (Å²) >= 11 is 3.54. The van der Waals surface area contributed by atoms with E-state index in [1.165, 1.54) is 6.92 Å². The number of halogens is 1. The van der Waals surface area contributed by atoms with Crippen LogP contribution in [-0.2, 0) is 11.3 Å². The van der Waals surface area contributed by atoms with E-state index in [9.17, 15) is 4.79 Å². The summed E-state index contributed by atoms with van der Waals surface area (Å²) in [7, 11) is 4.77. The topological polar surface area (TPSA) is 68.8 Å². The Hall–Kier alpha value is -2.41. The predicted octanol–water partition coefficient (Wildman–Crippen LogP) is 4.05. The molecule has 2 rings (SSSR count). The van der Waals surface area contributed by atoms with Crippen LogP contribution in [0.3, 0.4) is 0 Å². The maximum atomic E-state index is 11.2. The summed E-state index contributed by atoms with van der Waals surface area (Å²) in [6.45, 7) is 2.03. The van der Waals surface area contributed by atoms with Crippen LogP contribution in [0.4, 0.5) is 11.4 Å². The van der Waals surface area contributed by atoms with Crippen molar-refractivity contribution < 1.29 is 19.0 Å². The van der Waals surface area contributed by atoms with Gasteiger partial charge in [-0.2, -0.15) is 0 Å². The molecule has 6 nitrogen and oxygen atoms in total. The Morgan fingerprint density at radius 2 is 1.64 bits per heavy atom. The second-order valence-corrected chi connectivity index (χ2v) is 6.10. The van der Waals surface area contributed by atoms with E-state index in [1.54, 1.807) is 27.4 Å². The number of methoxy groups -OCH3 is 3. The standard InChI is InChI=1S/C18H21BrN2O4/c1-11(22)21-15-6-5-13(8-16(15)23-2)20-10-12-7-17(24-3)18(25-4)9-14(12)19/h5-9,20H,10H2,1-4H3,(H,21,22). The van der Waals surface area contributed by atoms with Crippen molar-refractivity contribution in [3.8, 4) is 17.2 Å². The molecule has 0 aliphatic heterocycles. The summed E-state index contributed by atoms with van der Waals surface area (Å²) in [6.07, 6.45) is 0. The molecule has 7 heteroatoms. The lowest BCUT2D eigenvalue weighted by atomic mass is 10.2. The Balaban J connectivity index is 2.17. The molecule has 0 saturated carbocycles. The van der Waals surface area contributed by atoms with E-state index >= 15 is 0 Å². The van der Waals surface area contributed by atoms with E-state index in [2.05, 4.69) is 26.6 Å². The van der Waals surface area contributed by atoms with Gasteiger partial charge in [0.25, 0.3) is 0 Å². The fourth-order valence-electron chi connectivity index (χ4n) is 2.32. The molecule has 0 spiro atoms. The Kier molecular flexibility index (Phi) is 6.52. The zero-order chi connectivity index (χ0) is 18.4. The van der Waals surface area contributed by atoms with E-state index in [0.29, 0.717) is 29.5 Å². The molecule has 2 aromatic carbocycles. The fraction of sp³-hybridized carbons (Fsp3) is 0.278. The van der Waals surface area contributed by atoms with Crippen LogP contribution in [0.25, 0.3) is 0 Å². The minimum absolute atomic E-state index is 0.145. The summed E-state index contributed by atoms with van der Waals surface area (Å²) < 4.78 is 16.9. The highest BCUT2D eigenvalue weighted by molar-refractivity contribution is 9.10. The van der Waals surface area contributed by atoms with Gasteiger partial charge in [-0.25, -0.2) is 0 Å². The van der Waals surface area contributed by atoms with E-state index in [4.69, 9.17) is 14.2 Å². The lowest BCUT2D eigenvalue weighted by molar-refractivity contribution is -0.114. The van der Waals surface area contributed by atoms with Gasteiger partial charge >= 0.3 is 0 Å². The molecule has 1 amide bonds. The minimum atomic E-state index is -0.145. The average molecular weight is 409 g/mol. The molecule has 0 atom stereocenters. The van der Waals surface area contributed by atoms with Crippen molar-refractivity contribution >= 4 is 33.2 Å². The number of ether oxygens (including phenoxy) is 3. The quantitative estimate of drug-likeness (QED) is 0.723. The molecule has 0 aliphatic rings. The van der Waals surface area contributed by atoms with Gasteiger partial charge in [0, 0.05) is 29.7 Å². The molecule has 0 aliphatic carbocycles. The molecule has 0 unspecified atom stereocenters. The Labute approximate surface area is 155 Å². The van der Waals surface area contributed by atoms with Gasteiger partial charge in [-0.3, -0.25) is 4.79 Å². The highest BCUT2D eigenvalue weighted by atomic mass is 79.9. The number of carbonyl (C=O) groups excluding carboxylic acids is 1. The first kappa shape index (κ1) is 18.9. The number of anilines is 2. The lowest BCUT2D eigenvalue weighted by Crippen LogP contribution is -2.08.